The maximum absolute atomic E-state index is 12.2. The van der Waals surface area contributed by atoms with Crippen molar-refractivity contribution in [2.45, 2.75) is 44.8 Å². The van der Waals surface area contributed by atoms with E-state index in [0.29, 0.717) is 30.6 Å². The van der Waals surface area contributed by atoms with Gasteiger partial charge in [0.2, 0.25) is 0 Å². The Morgan fingerprint density at radius 1 is 1.19 bits per heavy atom. The van der Waals surface area contributed by atoms with Gasteiger partial charge in [0.05, 0.1) is 7.11 Å². The molecule has 4 atom stereocenters. The number of carbonyl (C=O) groups excluding carboxylic acids is 2. The molecule has 0 radical (unpaired) electrons. The lowest BCUT2D eigenvalue weighted by atomic mass is 9.84. The molecule has 0 saturated heterocycles. The number of fused-ring (bicyclic) bond motifs is 2. The first-order valence-electron chi connectivity index (χ1n) is 9.38. The van der Waals surface area contributed by atoms with Crippen LogP contribution in [0.25, 0.3) is 0 Å². The summed E-state index contributed by atoms with van der Waals surface area (Å²) in [4.78, 5) is 23.4. The minimum atomic E-state index is -0.348. The molecule has 2 fully saturated rings. The van der Waals surface area contributed by atoms with Gasteiger partial charge in [-0.1, -0.05) is 42.5 Å². The number of allylic oxidation sites excluding steroid dienone is 1. The van der Waals surface area contributed by atoms with Crippen molar-refractivity contribution >= 4 is 12.1 Å². The van der Waals surface area contributed by atoms with Crippen molar-refractivity contribution in [3.63, 3.8) is 0 Å². The number of amides is 1. The minimum absolute atomic E-state index is 0.131. The van der Waals surface area contributed by atoms with Gasteiger partial charge in [-0.25, -0.2) is 4.79 Å². The van der Waals surface area contributed by atoms with Crippen molar-refractivity contribution in [2.75, 3.05) is 7.11 Å². The Morgan fingerprint density at radius 3 is 2.73 bits per heavy atom. The zero-order valence-corrected chi connectivity index (χ0v) is 15.2. The molecular weight excluding hydrogens is 330 g/mol. The minimum Gasteiger partial charge on any atom is -0.469 e. The second-order valence-corrected chi connectivity index (χ2v) is 7.19. The molecule has 1 aromatic carbocycles. The number of benzene rings is 1. The van der Waals surface area contributed by atoms with Crippen LogP contribution in [-0.2, 0) is 20.9 Å². The molecule has 0 spiro atoms. The smallest absolute Gasteiger partial charge is 0.407 e. The first-order chi connectivity index (χ1) is 12.7. The third-order valence-electron chi connectivity index (χ3n) is 5.58. The lowest BCUT2D eigenvalue weighted by molar-refractivity contribution is -0.140. The van der Waals surface area contributed by atoms with Crippen molar-refractivity contribution in [3.05, 3.63) is 48.0 Å². The van der Waals surface area contributed by atoms with Crippen LogP contribution >= 0.6 is 0 Å². The summed E-state index contributed by atoms with van der Waals surface area (Å²) in [7, 11) is 1.41. The van der Waals surface area contributed by atoms with E-state index >= 15 is 0 Å². The highest BCUT2D eigenvalue weighted by Crippen LogP contribution is 2.49. The number of hydrogen-bond donors (Lipinski definition) is 1. The Kier molecular flexibility index (Phi) is 6.31. The Labute approximate surface area is 154 Å². The largest absolute Gasteiger partial charge is 0.469 e. The SMILES string of the molecule is COC(=O)CC/C=C\[C@@H]1C(NC(=O)OCc2ccccc2)[C@H]2CC[C@@H]1C2. The summed E-state index contributed by atoms with van der Waals surface area (Å²) in [6.45, 7) is 0.285. The van der Waals surface area contributed by atoms with Crippen LogP contribution < -0.4 is 5.32 Å². The number of ether oxygens (including phenoxy) is 2. The van der Waals surface area contributed by atoms with Crippen LogP contribution in [0.4, 0.5) is 4.79 Å². The van der Waals surface area contributed by atoms with Crippen LogP contribution in [0.15, 0.2) is 42.5 Å². The zero-order chi connectivity index (χ0) is 18.4. The fourth-order valence-electron chi connectivity index (χ4n) is 4.28. The monoisotopic (exact) mass is 357 g/mol. The molecule has 1 N–H and O–H groups in total. The van der Waals surface area contributed by atoms with Gasteiger partial charge in [-0.2, -0.15) is 0 Å². The molecule has 0 aromatic heterocycles. The van der Waals surface area contributed by atoms with E-state index in [0.717, 1.165) is 12.0 Å². The van der Waals surface area contributed by atoms with Crippen LogP contribution in [0.2, 0.25) is 0 Å². The van der Waals surface area contributed by atoms with Crippen LogP contribution in [0, 0.1) is 17.8 Å². The highest BCUT2D eigenvalue weighted by molar-refractivity contribution is 5.69. The molecule has 1 amide bonds. The fourth-order valence-corrected chi connectivity index (χ4v) is 4.28. The molecule has 1 aromatic rings. The van der Waals surface area contributed by atoms with Gasteiger partial charge >= 0.3 is 12.1 Å². The summed E-state index contributed by atoms with van der Waals surface area (Å²) < 4.78 is 10.0. The fraction of sp³-hybridized carbons (Fsp3) is 0.524. The predicted molar refractivity (Wildman–Crippen MR) is 98.3 cm³/mol. The Balaban J connectivity index is 1.50. The maximum atomic E-state index is 12.2. The van der Waals surface area contributed by atoms with Crippen molar-refractivity contribution < 1.29 is 19.1 Å². The first kappa shape index (κ1) is 18.5. The third-order valence-corrected chi connectivity index (χ3v) is 5.58. The highest BCUT2D eigenvalue weighted by atomic mass is 16.5. The lowest BCUT2D eigenvalue weighted by Crippen LogP contribution is -2.43. The molecule has 5 nitrogen and oxygen atoms in total. The zero-order valence-electron chi connectivity index (χ0n) is 15.2. The molecule has 5 heteroatoms. The topological polar surface area (TPSA) is 64.6 Å². The van der Waals surface area contributed by atoms with Gasteiger partial charge in [0.15, 0.2) is 0 Å². The first-order valence-corrected chi connectivity index (χ1v) is 9.38. The van der Waals surface area contributed by atoms with Crippen molar-refractivity contribution in [2.24, 2.45) is 17.8 Å². The van der Waals surface area contributed by atoms with Crippen molar-refractivity contribution in [3.8, 4) is 0 Å². The highest BCUT2D eigenvalue weighted by Gasteiger charge is 2.47. The second kappa shape index (κ2) is 8.88. The molecule has 2 aliphatic carbocycles. The summed E-state index contributed by atoms with van der Waals surface area (Å²) in [5.41, 5.74) is 0.981. The van der Waals surface area contributed by atoms with E-state index in [1.54, 1.807) is 0 Å². The number of esters is 1. The van der Waals surface area contributed by atoms with E-state index in [9.17, 15) is 9.59 Å². The summed E-state index contributed by atoms with van der Waals surface area (Å²) in [6.07, 6.45) is 8.49. The predicted octanol–water partition coefficient (Wildman–Crippen LogP) is 3.84. The number of carbonyl (C=O) groups is 2. The van der Waals surface area contributed by atoms with Gasteiger partial charge in [-0.3, -0.25) is 4.79 Å². The lowest BCUT2D eigenvalue weighted by Gasteiger charge is -2.29. The Bertz CT molecular complexity index is 643. The van der Waals surface area contributed by atoms with E-state index < -0.39 is 0 Å². The number of nitrogens with one attached hydrogen (secondary N) is 1. The standard InChI is InChI=1S/C21H27NO4/c1-25-19(23)10-6-5-9-18-16-11-12-17(13-16)20(18)22-21(24)26-14-15-7-3-2-4-8-15/h2-5,7-9,16-18,20H,6,10-14H2,1H3,(H,22,24)/b9-5-/t16-,17+,18+,20?/m1/s1. The van der Waals surface area contributed by atoms with Crippen molar-refractivity contribution in [1.29, 1.82) is 0 Å². The van der Waals surface area contributed by atoms with E-state index in [1.165, 1.54) is 20.0 Å². The van der Waals surface area contributed by atoms with E-state index in [1.807, 2.05) is 36.4 Å². The summed E-state index contributed by atoms with van der Waals surface area (Å²) in [5, 5.41) is 3.09. The number of rotatable bonds is 7. The van der Waals surface area contributed by atoms with Crippen LogP contribution in [0.5, 0.6) is 0 Å². The number of alkyl carbamates (subject to hydrolysis) is 1. The number of methoxy groups -OCH3 is 1. The van der Waals surface area contributed by atoms with Crippen LogP contribution in [-0.4, -0.2) is 25.2 Å². The average Bonchev–Trinajstić information content (AvgIpc) is 3.26. The Hall–Kier alpha value is -2.30. The van der Waals surface area contributed by atoms with Crippen LogP contribution in [0.1, 0.15) is 37.7 Å². The van der Waals surface area contributed by atoms with Gasteiger partial charge in [0.25, 0.3) is 0 Å². The molecular formula is C21H27NO4. The molecule has 140 valence electrons. The normalized spacial score (nSPS) is 26.8. The van der Waals surface area contributed by atoms with Crippen molar-refractivity contribution in [1.82, 2.24) is 5.32 Å². The maximum Gasteiger partial charge on any atom is 0.407 e. The van der Waals surface area contributed by atoms with Gasteiger partial charge in [0.1, 0.15) is 6.61 Å². The molecule has 26 heavy (non-hydrogen) atoms. The molecule has 1 unspecified atom stereocenters. The van der Waals surface area contributed by atoms with Gasteiger partial charge in [-0.05, 0) is 43.1 Å². The summed E-state index contributed by atoms with van der Waals surface area (Å²) in [6, 6.07) is 9.82. The molecule has 2 saturated carbocycles. The van der Waals surface area contributed by atoms with Gasteiger partial charge < -0.3 is 14.8 Å². The second-order valence-electron chi connectivity index (χ2n) is 7.19. The summed E-state index contributed by atoms with van der Waals surface area (Å²) in [5.74, 6) is 1.28. The number of hydrogen-bond acceptors (Lipinski definition) is 4. The molecule has 0 aliphatic heterocycles. The van der Waals surface area contributed by atoms with E-state index in [-0.39, 0.29) is 24.7 Å². The third kappa shape index (κ3) is 4.65. The molecule has 3 rings (SSSR count). The molecule has 0 heterocycles. The average molecular weight is 357 g/mol. The molecule has 2 bridgehead atoms. The molecule has 2 aliphatic rings. The van der Waals surface area contributed by atoms with Crippen LogP contribution in [0.3, 0.4) is 0 Å². The van der Waals surface area contributed by atoms with Gasteiger partial charge in [0, 0.05) is 18.4 Å². The van der Waals surface area contributed by atoms with E-state index in [4.69, 9.17) is 4.74 Å². The quantitative estimate of drug-likeness (QED) is 0.595. The Morgan fingerprint density at radius 2 is 1.96 bits per heavy atom. The van der Waals surface area contributed by atoms with E-state index in [2.05, 4.69) is 16.1 Å². The summed E-state index contributed by atoms with van der Waals surface area (Å²) >= 11 is 0. The van der Waals surface area contributed by atoms with Gasteiger partial charge in [-0.15, -0.1) is 0 Å².